The number of thioether (sulfide) groups is 1. The van der Waals surface area contributed by atoms with E-state index in [9.17, 15) is 4.79 Å². The molecule has 0 bridgehead atoms. The molecule has 0 aliphatic rings. The summed E-state index contributed by atoms with van der Waals surface area (Å²) in [6, 6.07) is 8.68. The van der Waals surface area contributed by atoms with E-state index in [-0.39, 0.29) is 18.3 Å². The Labute approximate surface area is 206 Å². The molecule has 0 saturated heterocycles. The van der Waals surface area contributed by atoms with Crippen LogP contribution in [0.4, 0.5) is 5.69 Å². The summed E-state index contributed by atoms with van der Waals surface area (Å²) in [5, 5.41) is 13.0. The van der Waals surface area contributed by atoms with Crippen molar-refractivity contribution in [3.8, 4) is 17.2 Å². The monoisotopic (exact) mass is 510 g/mol. The molecule has 1 N–H and O–H groups in total. The summed E-state index contributed by atoms with van der Waals surface area (Å²) >= 11 is 13.5. The van der Waals surface area contributed by atoms with E-state index in [1.165, 1.54) is 26.0 Å². The van der Waals surface area contributed by atoms with Crippen molar-refractivity contribution in [2.45, 2.75) is 32.2 Å². The van der Waals surface area contributed by atoms with Gasteiger partial charge in [-0.05, 0) is 37.6 Å². The van der Waals surface area contributed by atoms with Crippen molar-refractivity contribution >= 4 is 46.6 Å². The number of methoxy groups -OCH3 is 2. The Balaban J connectivity index is 1.63. The minimum Gasteiger partial charge on any atom is -0.495 e. The quantitative estimate of drug-likeness (QED) is 0.373. The van der Waals surface area contributed by atoms with E-state index in [1.54, 1.807) is 18.2 Å². The number of hydrogen-bond acceptors (Lipinski definition) is 7. The Morgan fingerprint density at radius 1 is 1.09 bits per heavy atom. The number of halogens is 2. The highest BCUT2D eigenvalue weighted by Crippen LogP contribution is 2.36. The zero-order valence-electron chi connectivity index (χ0n) is 18.6. The Morgan fingerprint density at radius 2 is 1.85 bits per heavy atom. The lowest BCUT2D eigenvalue weighted by Gasteiger charge is -2.13. The first-order valence-electron chi connectivity index (χ1n) is 10.0. The van der Waals surface area contributed by atoms with Crippen LogP contribution in [0.2, 0.25) is 10.0 Å². The maximum absolute atomic E-state index is 12.6. The zero-order chi connectivity index (χ0) is 24.0. The zero-order valence-corrected chi connectivity index (χ0v) is 21.0. The third kappa shape index (κ3) is 6.25. The maximum atomic E-state index is 12.6. The minimum absolute atomic E-state index is 0.128. The molecule has 176 valence electrons. The lowest BCUT2D eigenvalue weighted by Crippen LogP contribution is -2.15. The summed E-state index contributed by atoms with van der Waals surface area (Å²) in [4.78, 5) is 12.6. The predicted molar refractivity (Wildman–Crippen MR) is 130 cm³/mol. The molecule has 1 heterocycles. The molecule has 0 aliphatic carbocycles. The van der Waals surface area contributed by atoms with Gasteiger partial charge in [0, 0.05) is 23.7 Å². The number of benzene rings is 2. The first-order valence-corrected chi connectivity index (χ1v) is 11.8. The third-order valence-electron chi connectivity index (χ3n) is 4.69. The van der Waals surface area contributed by atoms with Gasteiger partial charge in [0.05, 0.1) is 30.7 Å². The van der Waals surface area contributed by atoms with E-state index in [1.807, 2.05) is 30.5 Å². The number of aromatic nitrogens is 3. The number of aryl methyl sites for hydroxylation is 1. The van der Waals surface area contributed by atoms with Gasteiger partial charge < -0.3 is 24.1 Å². The summed E-state index contributed by atoms with van der Waals surface area (Å²) in [5.41, 5.74) is 1.40. The van der Waals surface area contributed by atoms with Gasteiger partial charge in [-0.3, -0.25) is 4.79 Å². The fourth-order valence-electron chi connectivity index (χ4n) is 2.98. The van der Waals surface area contributed by atoms with E-state index in [0.717, 1.165) is 5.56 Å². The van der Waals surface area contributed by atoms with Gasteiger partial charge in [0.15, 0.2) is 11.0 Å². The van der Waals surface area contributed by atoms with E-state index in [2.05, 4.69) is 15.5 Å². The first kappa shape index (κ1) is 25.0. The fraction of sp³-hybridized carbons (Fsp3) is 0.318. The van der Waals surface area contributed by atoms with Gasteiger partial charge >= 0.3 is 0 Å². The van der Waals surface area contributed by atoms with Crippen molar-refractivity contribution < 1.29 is 19.0 Å². The van der Waals surface area contributed by atoms with Crippen molar-refractivity contribution in [3.63, 3.8) is 0 Å². The molecule has 3 aromatic rings. The second-order valence-corrected chi connectivity index (χ2v) is 8.62. The first-order chi connectivity index (χ1) is 15.9. The lowest BCUT2D eigenvalue weighted by molar-refractivity contribution is -0.113. The van der Waals surface area contributed by atoms with Gasteiger partial charge in [-0.1, -0.05) is 35.0 Å². The Hall–Kier alpha value is -2.62. The minimum atomic E-state index is -0.234. The molecule has 0 radical (unpaired) electrons. The maximum Gasteiger partial charge on any atom is 0.234 e. The number of ether oxygens (including phenoxy) is 3. The number of carbonyl (C=O) groups excluding carboxylic acids is 1. The number of carbonyl (C=O) groups is 1. The van der Waals surface area contributed by atoms with E-state index >= 15 is 0 Å². The second kappa shape index (κ2) is 11.5. The van der Waals surface area contributed by atoms with Crippen molar-refractivity contribution in [2.24, 2.45) is 0 Å². The Kier molecular flexibility index (Phi) is 8.71. The smallest absolute Gasteiger partial charge is 0.234 e. The largest absolute Gasteiger partial charge is 0.495 e. The van der Waals surface area contributed by atoms with Crippen molar-refractivity contribution in [2.75, 3.05) is 25.3 Å². The molecule has 0 aliphatic heterocycles. The highest BCUT2D eigenvalue weighted by molar-refractivity contribution is 7.99. The van der Waals surface area contributed by atoms with E-state index < -0.39 is 0 Å². The number of anilines is 1. The van der Waals surface area contributed by atoms with Crippen molar-refractivity contribution in [3.05, 3.63) is 51.8 Å². The molecule has 2 aromatic carbocycles. The van der Waals surface area contributed by atoms with Crippen LogP contribution in [-0.2, 0) is 17.9 Å². The van der Waals surface area contributed by atoms with Gasteiger partial charge in [-0.25, -0.2) is 0 Å². The topological polar surface area (TPSA) is 87.5 Å². The van der Waals surface area contributed by atoms with Crippen LogP contribution in [0.5, 0.6) is 17.2 Å². The second-order valence-electron chi connectivity index (χ2n) is 6.87. The van der Waals surface area contributed by atoms with Crippen LogP contribution in [0, 0.1) is 6.92 Å². The average molecular weight is 511 g/mol. The van der Waals surface area contributed by atoms with Gasteiger partial charge in [0.25, 0.3) is 0 Å². The SMILES string of the molecule is CCn1c(COc2ccc(Cl)c(C)c2)nnc1SCC(=O)Nc1cc(OC)c(Cl)cc1OC. The molecular weight excluding hydrogens is 487 g/mol. The van der Waals surface area contributed by atoms with Crippen LogP contribution < -0.4 is 19.5 Å². The molecule has 33 heavy (non-hydrogen) atoms. The van der Waals surface area contributed by atoms with Gasteiger partial charge in [0.2, 0.25) is 5.91 Å². The van der Waals surface area contributed by atoms with Gasteiger partial charge in [-0.15, -0.1) is 10.2 Å². The van der Waals surface area contributed by atoms with E-state index in [0.29, 0.717) is 50.5 Å². The molecule has 0 spiro atoms. The van der Waals surface area contributed by atoms with Crippen LogP contribution in [0.15, 0.2) is 35.5 Å². The van der Waals surface area contributed by atoms with Crippen LogP contribution in [0.3, 0.4) is 0 Å². The van der Waals surface area contributed by atoms with Crippen LogP contribution in [0.25, 0.3) is 0 Å². The molecule has 11 heteroatoms. The average Bonchev–Trinajstić information content (AvgIpc) is 3.21. The molecule has 0 atom stereocenters. The highest BCUT2D eigenvalue weighted by Gasteiger charge is 2.16. The Morgan fingerprint density at radius 3 is 2.52 bits per heavy atom. The standard InChI is InChI=1S/C22H24Cl2N4O4S/c1-5-28-20(11-32-14-6-7-15(23)13(2)8-14)26-27-22(28)33-12-21(29)25-17-10-18(30-3)16(24)9-19(17)31-4/h6-10H,5,11-12H2,1-4H3,(H,25,29). The number of hydrogen-bond donors (Lipinski definition) is 1. The summed E-state index contributed by atoms with van der Waals surface area (Å²) in [7, 11) is 3.00. The summed E-state index contributed by atoms with van der Waals surface area (Å²) in [6.45, 7) is 4.78. The highest BCUT2D eigenvalue weighted by atomic mass is 35.5. The van der Waals surface area contributed by atoms with Gasteiger partial charge in [0.1, 0.15) is 23.9 Å². The molecular formula is C22H24Cl2N4O4S. The summed E-state index contributed by atoms with van der Waals surface area (Å²) < 4.78 is 18.3. The van der Waals surface area contributed by atoms with Crippen LogP contribution in [-0.4, -0.2) is 40.6 Å². The number of nitrogens with zero attached hydrogens (tertiary/aromatic N) is 3. The molecule has 3 rings (SSSR count). The number of rotatable bonds is 10. The molecule has 0 unspecified atom stereocenters. The predicted octanol–water partition coefficient (Wildman–Crippen LogP) is 5.24. The summed E-state index contributed by atoms with van der Waals surface area (Å²) in [6.07, 6.45) is 0. The third-order valence-corrected chi connectivity index (χ3v) is 6.37. The molecule has 8 nitrogen and oxygen atoms in total. The van der Waals surface area contributed by atoms with Crippen LogP contribution in [0.1, 0.15) is 18.3 Å². The van der Waals surface area contributed by atoms with Crippen molar-refractivity contribution in [1.29, 1.82) is 0 Å². The molecule has 0 fully saturated rings. The number of nitrogens with one attached hydrogen (secondary N) is 1. The molecule has 0 saturated carbocycles. The summed E-state index contributed by atoms with van der Waals surface area (Å²) in [5.74, 6) is 2.13. The van der Waals surface area contributed by atoms with Gasteiger partial charge in [-0.2, -0.15) is 0 Å². The van der Waals surface area contributed by atoms with Crippen molar-refractivity contribution in [1.82, 2.24) is 14.8 Å². The van der Waals surface area contributed by atoms with E-state index in [4.69, 9.17) is 37.4 Å². The molecule has 1 aromatic heterocycles. The van der Waals surface area contributed by atoms with Crippen LogP contribution >= 0.6 is 35.0 Å². The number of amides is 1. The lowest BCUT2D eigenvalue weighted by atomic mass is 10.2. The fourth-order valence-corrected chi connectivity index (χ4v) is 4.15. The molecule has 1 amide bonds. The normalized spacial score (nSPS) is 10.7. The Bertz CT molecular complexity index is 1140.